The maximum absolute atomic E-state index is 8.76. The third kappa shape index (κ3) is 3.03. The number of hydrogen-bond donors (Lipinski definition) is 2. The molecule has 0 saturated heterocycles. The van der Waals surface area contributed by atoms with Crippen LogP contribution in [0.1, 0.15) is 42.9 Å². The van der Waals surface area contributed by atoms with Crippen LogP contribution in [0.3, 0.4) is 0 Å². The summed E-state index contributed by atoms with van der Waals surface area (Å²) in [4.78, 5) is 0. The molecule has 0 fully saturated rings. The fourth-order valence-corrected chi connectivity index (χ4v) is 2.65. The summed E-state index contributed by atoms with van der Waals surface area (Å²) in [7, 11) is 2.02. The Morgan fingerprint density at radius 2 is 2.28 bits per heavy atom. The number of unbranched alkanes of at least 4 members (excludes halogenated alkanes) is 1. The van der Waals surface area contributed by atoms with E-state index in [1.165, 1.54) is 24.0 Å². The molecule has 1 atom stereocenters. The van der Waals surface area contributed by atoms with Gasteiger partial charge in [-0.25, -0.2) is 0 Å². The summed E-state index contributed by atoms with van der Waals surface area (Å²) in [5, 5.41) is 12.1. The minimum atomic E-state index is 0.248. The van der Waals surface area contributed by atoms with E-state index in [1.807, 2.05) is 7.05 Å². The van der Waals surface area contributed by atoms with E-state index in [0.717, 1.165) is 25.0 Å². The predicted octanol–water partition coefficient (Wildman–Crippen LogP) is 2.43. The van der Waals surface area contributed by atoms with Crippen molar-refractivity contribution in [2.45, 2.75) is 38.1 Å². The number of aliphatic hydroxyl groups excluding tert-OH is 1. The van der Waals surface area contributed by atoms with Crippen LogP contribution in [0, 0.1) is 0 Å². The molecule has 3 heteroatoms. The summed E-state index contributed by atoms with van der Waals surface area (Å²) in [5.74, 6) is 1.03. The van der Waals surface area contributed by atoms with Gasteiger partial charge in [-0.2, -0.15) is 0 Å². The molecule has 1 aliphatic carbocycles. The van der Waals surface area contributed by atoms with E-state index in [9.17, 15) is 0 Å². The molecule has 0 heterocycles. The van der Waals surface area contributed by atoms with Gasteiger partial charge in [0.1, 0.15) is 5.75 Å². The summed E-state index contributed by atoms with van der Waals surface area (Å²) in [6, 6.07) is 6.82. The third-order valence-electron chi connectivity index (χ3n) is 3.62. The monoisotopic (exact) mass is 249 g/mol. The lowest BCUT2D eigenvalue weighted by Gasteiger charge is -2.26. The Hall–Kier alpha value is -1.06. The van der Waals surface area contributed by atoms with Gasteiger partial charge < -0.3 is 15.2 Å². The van der Waals surface area contributed by atoms with Crippen LogP contribution in [0.15, 0.2) is 18.2 Å². The first kappa shape index (κ1) is 13.4. The molecule has 1 unspecified atom stereocenters. The van der Waals surface area contributed by atoms with Crippen LogP contribution in [0.4, 0.5) is 0 Å². The number of benzene rings is 1. The van der Waals surface area contributed by atoms with Crippen LogP contribution in [-0.4, -0.2) is 25.4 Å². The standard InChI is InChI=1S/C15H23NO2/c1-16-14-8-4-7-13-12(14)6-5-9-15(13)18-11-3-2-10-17/h5-6,9,14,16-17H,2-4,7-8,10-11H2,1H3. The smallest absolute Gasteiger partial charge is 0.122 e. The van der Waals surface area contributed by atoms with Crippen LogP contribution in [0.25, 0.3) is 0 Å². The quantitative estimate of drug-likeness (QED) is 0.761. The topological polar surface area (TPSA) is 41.5 Å². The summed E-state index contributed by atoms with van der Waals surface area (Å²) in [5.41, 5.74) is 2.76. The summed E-state index contributed by atoms with van der Waals surface area (Å²) in [6.45, 7) is 0.944. The van der Waals surface area contributed by atoms with Crippen molar-refractivity contribution in [1.29, 1.82) is 0 Å². The van der Waals surface area contributed by atoms with Gasteiger partial charge in [-0.05, 0) is 56.3 Å². The average molecular weight is 249 g/mol. The van der Waals surface area contributed by atoms with Crippen molar-refractivity contribution >= 4 is 0 Å². The fraction of sp³-hybridized carbons (Fsp3) is 0.600. The second-order valence-corrected chi connectivity index (χ2v) is 4.84. The van der Waals surface area contributed by atoms with Gasteiger partial charge >= 0.3 is 0 Å². The van der Waals surface area contributed by atoms with Crippen molar-refractivity contribution in [3.05, 3.63) is 29.3 Å². The van der Waals surface area contributed by atoms with Crippen LogP contribution >= 0.6 is 0 Å². The van der Waals surface area contributed by atoms with Gasteiger partial charge in [-0.1, -0.05) is 12.1 Å². The molecule has 1 aromatic rings. The predicted molar refractivity (Wildman–Crippen MR) is 73.0 cm³/mol. The lowest BCUT2D eigenvalue weighted by atomic mass is 9.87. The molecule has 18 heavy (non-hydrogen) atoms. The normalized spacial score (nSPS) is 18.4. The van der Waals surface area contributed by atoms with Crippen molar-refractivity contribution in [2.75, 3.05) is 20.3 Å². The highest BCUT2D eigenvalue weighted by atomic mass is 16.5. The Morgan fingerprint density at radius 3 is 3.06 bits per heavy atom. The Balaban J connectivity index is 2.07. The highest BCUT2D eigenvalue weighted by Gasteiger charge is 2.21. The molecule has 0 aromatic heterocycles. The first-order valence-electron chi connectivity index (χ1n) is 6.89. The van der Waals surface area contributed by atoms with Gasteiger partial charge in [-0.3, -0.25) is 0 Å². The van der Waals surface area contributed by atoms with E-state index in [4.69, 9.17) is 9.84 Å². The number of nitrogens with one attached hydrogen (secondary N) is 1. The molecular formula is C15H23NO2. The van der Waals surface area contributed by atoms with Crippen molar-refractivity contribution in [3.8, 4) is 5.75 Å². The summed E-state index contributed by atoms with van der Waals surface area (Å²) < 4.78 is 5.86. The van der Waals surface area contributed by atoms with E-state index in [1.54, 1.807) is 0 Å². The number of fused-ring (bicyclic) bond motifs is 1. The molecule has 0 bridgehead atoms. The average Bonchev–Trinajstić information content (AvgIpc) is 2.43. The Labute approximate surface area is 109 Å². The van der Waals surface area contributed by atoms with Gasteiger partial charge in [0.2, 0.25) is 0 Å². The summed E-state index contributed by atoms with van der Waals surface area (Å²) in [6.07, 6.45) is 5.26. The molecule has 0 amide bonds. The van der Waals surface area contributed by atoms with Crippen LogP contribution in [-0.2, 0) is 6.42 Å². The Morgan fingerprint density at radius 1 is 1.39 bits per heavy atom. The Kier molecular flexibility index (Phi) is 5.02. The van der Waals surface area contributed by atoms with Gasteiger partial charge in [-0.15, -0.1) is 0 Å². The van der Waals surface area contributed by atoms with E-state index >= 15 is 0 Å². The van der Waals surface area contributed by atoms with Crippen LogP contribution in [0.5, 0.6) is 5.75 Å². The molecule has 0 radical (unpaired) electrons. The molecule has 100 valence electrons. The second-order valence-electron chi connectivity index (χ2n) is 4.84. The molecule has 3 nitrogen and oxygen atoms in total. The first-order valence-corrected chi connectivity index (χ1v) is 6.89. The van der Waals surface area contributed by atoms with Crippen molar-refractivity contribution in [2.24, 2.45) is 0 Å². The minimum Gasteiger partial charge on any atom is -0.493 e. The highest BCUT2D eigenvalue weighted by Crippen LogP contribution is 2.35. The van der Waals surface area contributed by atoms with Crippen LogP contribution < -0.4 is 10.1 Å². The first-order chi connectivity index (χ1) is 8.86. The molecule has 1 aromatic carbocycles. The van der Waals surface area contributed by atoms with Gasteiger partial charge in [0.25, 0.3) is 0 Å². The number of aliphatic hydroxyl groups is 1. The SMILES string of the molecule is CNC1CCCc2c(OCCCCO)cccc21. The van der Waals surface area contributed by atoms with Gasteiger partial charge in [0.15, 0.2) is 0 Å². The maximum Gasteiger partial charge on any atom is 0.122 e. The highest BCUT2D eigenvalue weighted by molar-refractivity contribution is 5.43. The second kappa shape index (κ2) is 6.76. The lowest BCUT2D eigenvalue weighted by Crippen LogP contribution is -2.22. The molecule has 2 rings (SSSR count). The van der Waals surface area contributed by atoms with E-state index in [2.05, 4.69) is 23.5 Å². The fourth-order valence-electron chi connectivity index (χ4n) is 2.65. The number of ether oxygens (including phenoxy) is 1. The molecule has 0 aliphatic heterocycles. The number of rotatable bonds is 6. The van der Waals surface area contributed by atoms with Gasteiger partial charge in [0, 0.05) is 12.6 Å². The molecule has 2 N–H and O–H groups in total. The van der Waals surface area contributed by atoms with E-state index in [-0.39, 0.29) is 6.61 Å². The van der Waals surface area contributed by atoms with E-state index in [0.29, 0.717) is 12.6 Å². The molecule has 0 spiro atoms. The molecular weight excluding hydrogens is 226 g/mol. The lowest BCUT2D eigenvalue weighted by molar-refractivity contribution is 0.251. The van der Waals surface area contributed by atoms with Crippen LogP contribution in [0.2, 0.25) is 0 Å². The van der Waals surface area contributed by atoms with Crippen molar-refractivity contribution in [3.63, 3.8) is 0 Å². The maximum atomic E-state index is 8.76. The minimum absolute atomic E-state index is 0.248. The largest absolute Gasteiger partial charge is 0.493 e. The third-order valence-corrected chi connectivity index (χ3v) is 3.62. The molecule has 0 saturated carbocycles. The zero-order valence-electron chi connectivity index (χ0n) is 11.1. The zero-order valence-corrected chi connectivity index (χ0v) is 11.1. The summed E-state index contributed by atoms with van der Waals surface area (Å²) >= 11 is 0. The van der Waals surface area contributed by atoms with Crippen molar-refractivity contribution < 1.29 is 9.84 Å². The number of hydrogen-bond acceptors (Lipinski definition) is 3. The van der Waals surface area contributed by atoms with Crippen molar-refractivity contribution in [1.82, 2.24) is 5.32 Å². The Bertz CT molecular complexity index is 379. The van der Waals surface area contributed by atoms with E-state index < -0.39 is 0 Å². The van der Waals surface area contributed by atoms with Gasteiger partial charge in [0.05, 0.1) is 6.61 Å². The molecule has 1 aliphatic rings. The zero-order chi connectivity index (χ0) is 12.8.